The molecule has 6 nitrogen and oxygen atoms in total. The molecule has 0 unspecified atom stereocenters. The van der Waals surface area contributed by atoms with Gasteiger partial charge in [-0.1, -0.05) is 0 Å². The summed E-state index contributed by atoms with van der Waals surface area (Å²) in [5.41, 5.74) is 4.99. The zero-order valence-corrected chi connectivity index (χ0v) is 10.1. The van der Waals surface area contributed by atoms with Gasteiger partial charge in [0.1, 0.15) is 5.82 Å². The van der Waals surface area contributed by atoms with E-state index in [1.54, 1.807) is 13.8 Å². The molecule has 98 valence electrons. The van der Waals surface area contributed by atoms with E-state index >= 15 is 0 Å². The SMILES string of the molecule is CC(C)N(CC(N)=O)c1cc(F)cc([N+](=O)[O-])c1. The van der Waals surface area contributed by atoms with Gasteiger partial charge in [0.05, 0.1) is 17.5 Å². The van der Waals surface area contributed by atoms with Crippen LogP contribution in [0.15, 0.2) is 18.2 Å². The second-order valence-corrected chi connectivity index (χ2v) is 4.11. The molecule has 18 heavy (non-hydrogen) atoms. The van der Waals surface area contributed by atoms with E-state index in [-0.39, 0.29) is 24.0 Å². The maximum absolute atomic E-state index is 13.3. The lowest BCUT2D eigenvalue weighted by Crippen LogP contribution is -2.38. The number of benzene rings is 1. The van der Waals surface area contributed by atoms with Crippen LogP contribution in [0.3, 0.4) is 0 Å². The Hall–Kier alpha value is -2.18. The first-order valence-corrected chi connectivity index (χ1v) is 5.31. The van der Waals surface area contributed by atoms with Crippen molar-refractivity contribution < 1.29 is 14.1 Å². The molecule has 0 heterocycles. The van der Waals surface area contributed by atoms with E-state index < -0.39 is 16.6 Å². The Bertz CT molecular complexity index is 477. The first-order valence-electron chi connectivity index (χ1n) is 5.31. The zero-order valence-electron chi connectivity index (χ0n) is 10.1. The summed E-state index contributed by atoms with van der Waals surface area (Å²) in [6, 6.07) is 3.03. The highest BCUT2D eigenvalue weighted by molar-refractivity contribution is 5.79. The molecular formula is C11H14FN3O3. The van der Waals surface area contributed by atoms with Crippen molar-refractivity contribution in [1.29, 1.82) is 0 Å². The number of primary amides is 1. The third kappa shape index (κ3) is 3.41. The number of halogens is 1. The summed E-state index contributed by atoms with van der Waals surface area (Å²) in [5.74, 6) is -1.31. The summed E-state index contributed by atoms with van der Waals surface area (Å²) >= 11 is 0. The molecule has 1 amide bonds. The molecule has 7 heteroatoms. The topological polar surface area (TPSA) is 89.5 Å². The Morgan fingerprint density at radius 2 is 2.11 bits per heavy atom. The van der Waals surface area contributed by atoms with Crippen molar-refractivity contribution in [3.8, 4) is 0 Å². The number of amides is 1. The van der Waals surface area contributed by atoms with E-state index in [0.29, 0.717) is 0 Å². The van der Waals surface area contributed by atoms with Gasteiger partial charge in [-0.15, -0.1) is 0 Å². The minimum atomic E-state index is -0.727. The molecule has 1 aromatic rings. The third-order valence-electron chi connectivity index (χ3n) is 2.36. The number of carbonyl (C=O) groups is 1. The molecule has 2 N–H and O–H groups in total. The smallest absolute Gasteiger partial charge is 0.274 e. The molecule has 0 spiro atoms. The van der Waals surface area contributed by atoms with E-state index in [0.717, 1.165) is 12.1 Å². The van der Waals surface area contributed by atoms with E-state index in [2.05, 4.69) is 0 Å². The molecule has 0 aliphatic carbocycles. The van der Waals surface area contributed by atoms with Crippen molar-refractivity contribution in [2.75, 3.05) is 11.4 Å². The minimum Gasteiger partial charge on any atom is -0.368 e. The predicted molar refractivity (Wildman–Crippen MR) is 64.7 cm³/mol. The summed E-state index contributed by atoms with van der Waals surface area (Å²) < 4.78 is 13.3. The number of rotatable bonds is 5. The monoisotopic (exact) mass is 255 g/mol. The van der Waals surface area contributed by atoms with E-state index in [4.69, 9.17) is 5.73 Å². The quantitative estimate of drug-likeness (QED) is 0.636. The van der Waals surface area contributed by atoms with Gasteiger partial charge in [-0.2, -0.15) is 0 Å². The van der Waals surface area contributed by atoms with Crippen LogP contribution in [0.25, 0.3) is 0 Å². The molecule has 0 aliphatic rings. The van der Waals surface area contributed by atoms with Crippen LogP contribution in [-0.4, -0.2) is 23.4 Å². The maximum Gasteiger partial charge on any atom is 0.274 e. The van der Waals surface area contributed by atoms with Crippen LogP contribution in [0, 0.1) is 15.9 Å². The van der Waals surface area contributed by atoms with Crippen molar-refractivity contribution in [2.45, 2.75) is 19.9 Å². The second kappa shape index (κ2) is 5.44. The fourth-order valence-electron chi connectivity index (χ4n) is 1.57. The molecule has 0 aromatic heterocycles. The van der Waals surface area contributed by atoms with Gasteiger partial charge < -0.3 is 10.6 Å². The summed E-state index contributed by atoms with van der Waals surface area (Å²) in [7, 11) is 0. The fraction of sp³-hybridized carbons (Fsp3) is 0.364. The summed E-state index contributed by atoms with van der Waals surface area (Å²) in [5, 5.41) is 10.6. The minimum absolute atomic E-state index is 0.127. The average molecular weight is 255 g/mol. The molecule has 0 fully saturated rings. The van der Waals surface area contributed by atoms with Crippen molar-refractivity contribution in [3.63, 3.8) is 0 Å². The van der Waals surface area contributed by atoms with Gasteiger partial charge in [0.25, 0.3) is 5.69 Å². The van der Waals surface area contributed by atoms with E-state index in [1.165, 1.54) is 11.0 Å². The van der Waals surface area contributed by atoms with Crippen molar-refractivity contribution in [2.24, 2.45) is 5.73 Å². The van der Waals surface area contributed by atoms with Crippen molar-refractivity contribution >= 4 is 17.3 Å². The molecular weight excluding hydrogens is 241 g/mol. The van der Waals surface area contributed by atoms with Gasteiger partial charge in [-0.3, -0.25) is 14.9 Å². The molecule has 1 rings (SSSR count). The standard InChI is InChI=1S/C11H14FN3O3/c1-7(2)14(6-11(13)16)9-3-8(12)4-10(5-9)15(17)18/h3-5,7H,6H2,1-2H3,(H2,13,16). The number of hydrogen-bond donors (Lipinski definition) is 1. The van der Waals surface area contributed by atoms with Gasteiger partial charge >= 0.3 is 0 Å². The van der Waals surface area contributed by atoms with Crippen LogP contribution in [0.1, 0.15) is 13.8 Å². The highest BCUT2D eigenvalue weighted by Crippen LogP contribution is 2.24. The number of nitrogens with zero attached hydrogens (tertiary/aromatic N) is 2. The lowest BCUT2D eigenvalue weighted by Gasteiger charge is -2.27. The van der Waals surface area contributed by atoms with Crippen LogP contribution < -0.4 is 10.6 Å². The van der Waals surface area contributed by atoms with Gasteiger partial charge in [-0.05, 0) is 19.9 Å². The summed E-state index contributed by atoms with van der Waals surface area (Å²) in [4.78, 5) is 22.4. The van der Waals surface area contributed by atoms with Crippen molar-refractivity contribution in [1.82, 2.24) is 0 Å². The number of non-ortho nitro benzene ring substituents is 1. The molecule has 0 bridgehead atoms. The van der Waals surface area contributed by atoms with Gasteiger partial charge in [0, 0.05) is 17.8 Å². The number of anilines is 1. The number of nitrogens with two attached hydrogens (primary N) is 1. The zero-order chi connectivity index (χ0) is 13.9. The first-order chi connectivity index (χ1) is 8.31. The molecule has 0 atom stereocenters. The number of nitro groups is 1. The molecule has 0 saturated carbocycles. The third-order valence-corrected chi connectivity index (χ3v) is 2.36. The van der Waals surface area contributed by atoms with Crippen LogP contribution in [-0.2, 0) is 4.79 Å². The average Bonchev–Trinajstić information content (AvgIpc) is 2.24. The Balaban J connectivity index is 3.19. The summed E-state index contributed by atoms with van der Waals surface area (Å²) in [6.45, 7) is 3.43. The predicted octanol–water partition coefficient (Wildman–Crippen LogP) is 1.43. The Kier molecular flexibility index (Phi) is 4.19. The maximum atomic E-state index is 13.3. The number of hydrogen-bond acceptors (Lipinski definition) is 4. The highest BCUT2D eigenvalue weighted by Gasteiger charge is 2.18. The van der Waals surface area contributed by atoms with E-state index in [9.17, 15) is 19.3 Å². The highest BCUT2D eigenvalue weighted by atomic mass is 19.1. The fourth-order valence-corrected chi connectivity index (χ4v) is 1.57. The number of nitro benzene ring substituents is 1. The largest absolute Gasteiger partial charge is 0.368 e. The second-order valence-electron chi connectivity index (χ2n) is 4.11. The van der Waals surface area contributed by atoms with Gasteiger partial charge in [0.15, 0.2) is 0 Å². The Morgan fingerprint density at radius 3 is 2.56 bits per heavy atom. The van der Waals surface area contributed by atoms with Crippen LogP contribution in [0.4, 0.5) is 15.8 Å². The Labute approximate surface area is 103 Å². The normalized spacial score (nSPS) is 10.4. The Morgan fingerprint density at radius 1 is 1.50 bits per heavy atom. The summed E-state index contributed by atoms with van der Waals surface area (Å²) in [6.07, 6.45) is 0. The van der Waals surface area contributed by atoms with Crippen LogP contribution in [0.2, 0.25) is 0 Å². The molecule has 0 aliphatic heterocycles. The van der Waals surface area contributed by atoms with Crippen molar-refractivity contribution in [3.05, 3.63) is 34.1 Å². The lowest BCUT2D eigenvalue weighted by atomic mass is 10.2. The van der Waals surface area contributed by atoms with Gasteiger partial charge in [0.2, 0.25) is 5.91 Å². The van der Waals surface area contributed by atoms with Crippen LogP contribution in [0.5, 0.6) is 0 Å². The molecule has 0 saturated heterocycles. The first kappa shape index (κ1) is 13.9. The number of carbonyl (C=O) groups excluding carboxylic acids is 1. The lowest BCUT2D eigenvalue weighted by molar-refractivity contribution is -0.385. The molecule has 1 aromatic carbocycles. The van der Waals surface area contributed by atoms with Crippen LogP contribution >= 0.6 is 0 Å². The van der Waals surface area contributed by atoms with Gasteiger partial charge in [-0.25, -0.2) is 4.39 Å². The van der Waals surface area contributed by atoms with E-state index in [1.807, 2.05) is 0 Å². The molecule has 0 radical (unpaired) electrons.